The van der Waals surface area contributed by atoms with Gasteiger partial charge < -0.3 is 14.4 Å². The number of carbonyl (C=O) groups excluding carboxylic acids is 1. The maximum atomic E-state index is 13.1. The lowest BCUT2D eigenvalue weighted by Crippen LogP contribution is -2.42. The summed E-state index contributed by atoms with van der Waals surface area (Å²) in [6.07, 6.45) is 0.964. The van der Waals surface area contributed by atoms with Crippen molar-refractivity contribution in [1.82, 2.24) is 9.80 Å². The number of hydrogen-bond acceptors (Lipinski definition) is 4. The smallest absolute Gasteiger partial charge is 0.228 e. The van der Waals surface area contributed by atoms with E-state index in [1.807, 2.05) is 62.1 Å². The molecule has 5 heteroatoms. The minimum Gasteiger partial charge on any atom is -0.489 e. The number of rotatable bonds is 9. The quantitative estimate of drug-likeness (QED) is 0.600. The molecule has 0 N–H and O–H groups in total. The van der Waals surface area contributed by atoms with Crippen LogP contribution in [-0.4, -0.2) is 55.1 Å². The van der Waals surface area contributed by atoms with Gasteiger partial charge in [-0.2, -0.15) is 0 Å². The number of ether oxygens (including phenoxy) is 2. The fourth-order valence-electron chi connectivity index (χ4n) is 3.73. The van der Waals surface area contributed by atoms with Crippen molar-refractivity contribution in [3.05, 3.63) is 65.7 Å². The van der Waals surface area contributed by atoms with E-state index in [1.54, 1.807) is 0 Å². The fraction of sp³-hybridized carbons (Fsp3) is 0.500. The number of hydrogen-bond donors (Lipinski definition) is 0. The van der Waals surface area contributed by atoms with E-state index in [9.17, 15) is 4.79 Å². The molecule has 0 saturated carbocycles. The van der Waals surface area contributed by atoms with Crippen molar-refractivity contribution >= 4 is 5.91 Å². The molecule has 1 amide bonds. The Balaban J connectivity index is 1.60. The molecular weight excluding hydrogens is 388 g/mol. The second kappa shape index (κ2) is 11.3. The summed E-state index contributed by atoms with van der Waals surface area (Å²) in [5.41, 5.74) is 1.83. The van der Waals surface area contributed by atoms with Crippen LogP contribution >= 0.6 is 0 Å². The second-order valence-electron chi connectivity index (χ2n) is 9.21. The molecule has 168 valence electrons. The maximum absolute atomic E-state index is 13.1. The van der Waals surface area contributed by atoms with Gasteiger partial charge in [0.25, 0.3) is 0 Å². The molecular formula is C26H36N2O3. The first-order chi connectivity index (χ1) is 14.9. The first-order valence-electron chi connectivity index (χ1n) is 11.3. The molecule has 1 heterocycles. The molecule has 1 fully saturated rings. The monoisotopic (exact) mass is 424 g/mol. The van der Waals surface area contributed by atoms with Gasteiger partial charge in [0.15, 0.2) is 0 Å². The van der Waals surface area contributed by atoms with E-state index in [0.717, 1.165) is 62.7 Å². The average Bonchev–Trinajstić information content (AvgIpc) is 2.78. The van der Waals surface area contributed by atoms with Gasteiger partial charge in [-0.3, -0.25) is 9.69 Å². The van der Waals surface area contributed by atoms with Crippen molar-refractivity contribution < 1.29 is 14.3 Å². The lowest BCUT2D eigenvalue weighted by atomic mass is 9.94. The molecule has 0 radical (unpaired) electrons. The summed E-state index contributed by atoms with van der Waals surface area (Å²) in [7, 11) is 0. The van der Waals surface area contributed by atoms with Crippen molar-refractivity contribution in [1.29, 1.82) is 0 Å². The topological polar surface area (TPSA) is 42.0 Å². The molecule has 1 aliphatic heterocycles. The Morgan fingerprint density at radius 2 is 1.74 bits per heavy atom. The minimum absolute atomic E-state index is 0.185. The fourth-order valence-corrected chi connectivity index (χ4v) is 3.73. The highest BCUT2D eigenvalue weighted by atomic mass is 16.5. The molecule has 0 unspecified atom stereocenters. The minimum atomic E-state index is -0.402. The molecule has 31 heavy (non-hydrogen) atoms. The molecule has 5 nitrogen and oxygen atoms in total. The normalized spacial score (nSPS) is 14.9. The van der Waals surface area contributed by atoms with Crippen LogP contribution in [0.4, 0.5) is 0 Å². The van der Waals surface area contributed by atoms with Crippen LogP contribution in [0, 0.1) is 5.41 Å². The van der Waals surface area contributed by atoms with Crippen LogP contribution in [0.2, 0.25) is 0 Å². The Bertz CT molecular complexity index is 811. The summed E-state index contributed by atoms with van der Waals surface area (Å²) in [4.78, 5) is 17.5. The average molecular weight is 425 g/mol. The van der Waals surface area contributed by atoms with Gasteiger partial charge in [0.2, 0.25) is 5.91 Å². The standard InChI is InChI=1S/C26H36N2O3/c1-26(2,3)25(29)28(14-8-13-27-15-17-30-18-16-27)20-23-11-7-12-24(19-23)31-21-22-9-5-4-6-10-22/h4-7,9-12,19H,8,13-18,20-21H2,1-3H3. The number of amides is 1. The van der Waals surface area contributed by atoms with Crippen molar-refractivity contribution in [3.63, 3.8) is 0 Å². The largest absolute Gasteiger partial charge is 0.489 e. The zero-order valence-electron chi connectivity index (χ0n) is 19.2. The highest BCUT2D eigenvalue weighted by Gasteiger charge is 2.27. The van der Waals surface area contributed by atoms with Crippen molar-refractivity contribution in [2.24, 2.45) is 5.41 Å². The predicted octanol–water partition coefficient (Wildman–Crippen LogP) is 4.36. The SMILES string of the molecule is CC(C)(C)C(=O)N(CCCN1CCOCC1)Cc1cccc(OCc2ccccc2)c1. The molecule has 0 spiro atoms. The van der Waals surface area contributed by atoms with E-state index in [2.05, 4.69) is 23.1 Å². The van der Waals surface area contributed by atoms with Crippen LogP contribution in [-0.2, 0) is 22.7 Å². The first-order valence-corrected chi connectivity index (χ1v) is 11.3. The summed E-state index contributed by atoms with van der Waals surface area (Å²) < 4.78 is 11.4. The third-order valence-electron chi connectivity index (χ3n) is 5.46. The molecule has 0 aromatic heterocycles. The molecule has 3 rings (SSSR count). The van der Waals surface area contributed by atoms with E-state index < -0.39 is 5.41 Å². The molecule has 0 bridgehead atoms. The third kappa shape index (κ3) is 7.67. The van der Waals surface area contributed by atoms with E-state index in [4.69, 9.17) is 9.47 Å². The maximum Gasteiger partial charge on any atom is 0.228 e. The molecule has 2 aromatic rings. The predicted molar refractivity (Wildman–Crippen MR) is 124 cm³/mol. The Morgan fingerprint density at radius 3 is 2.45 bits per heavy atom. The number of morpholine rings is 1. The summed E-state index contributed by atoms with van der Waals surface area (Å²) in [6, 6.07) is 18.2. The Hall–Kier alpha value is -2.37. The van der Waals surface area contributed by atoms with Crippen LogP contribution < -0.4 is 4.74 Å². The van der Waals surface area contributed by atoms with Gasteiger partial charge >= 0.3 is 0 Å². The van der Waals surface area contributed by atoms with Crippen LogP contribution in [0.25, 0.3) is 0 Å². The van der Waals surface area contributed by atoms with Crippen LogP contribution in [0.1, 0.15) is 38.3 Å². The van der Waals surface area contributed by atoms with Crippen LogP contribution in [0.15, 0.2) is 54.6 Å². The van der Waals surface area contributed by atoms with Gasteiger partial charge in [0.1, 0.15) is 12.4 Å². The Labute approximate surface area is 187 Å². The molecule has 0 aliphatic carbocycles. The third-order valence-corrected chi connectivity index (χ3v) is 5.46. The van der Waals surface area contributed by atoms with E-state index in [-0.39, 0.29) is 5.91 Å². The number of nitrogens with zero attached hydrogens (tertiary/aromatic N) is 2. The van der Waals surface area contributed by atoms with Gasteiger partial charge in [0.05, 0.1) is 13.2 Å². The zero-order chi connectivity index (χ0) is 22.1. The van der Waals surface area contributed by atoms with Crippen molar-refractivity contribution in [2.45, 2.75) is 40.3 Å². The Morgan fingerprint density at radius 1 is 1.03 bits per heavy atom. The van der Waals surface area contributed by atoms with Crippen LogP contribution in [0.3, 0.4) is 0 Å². The van der Waals surface area contributed by atoms with E-state index in [0.29, 0.717) is 13.2 Å². The van der Waals surface area contributed by atoms with Gasteiger partial charge in [-0.25, -0.2) is 0 Å². The second-order valence-corrected chi connectivity index (χ2v) is 9.21. The van der Waals surface area contributed by atoms with Gasteiger partial charge in [0, 0.05) is 38.1 Å². The molecule has 1 saturated heterocycles. The van der Waals surface area contributed by atoms with Crippen molar-refractivity contribution in [3.8, 4) is 5.75 Å². The lowest BCUT2D eigenvalue weighted by Gasteiger charge is -2.31. The lowest BCUT2D eigenvalue weighted by molar-refractivity contribution is -0.140. The van der Waals surface area contributed by atoms with E-state index in [1.165, 1.54) is 0 Å². The summed E-state index contributed by atoms with van der Waals surface area (Å²) in [5.74, 6) is 1.02. The molecule has 0 atom stereocenters. The summed E-state index contributed by atoms with van der Waals surface area (Å²) in [5, 5.41) is 0. The number of benzene rings is 2. The zero-order valence-corrected chi connectivity index (χ0v) is 19.2. The summed E-state index contributed by atoms with van der Waals surface area (Å²) >= 11 is 0. The molecule has 1 aliphatic rings. The highest BCUT2D eigenvalue weighted by Crippen LogP contribution is 2.22. The highest BCUT2D eigenvalue weighted by molar-refractivity contribution is 5.81. The number of carbonyl (C=O) groups is 1. The van der Waals surface area contributed by atoms with Crippen LogP contribution in [0.5, 0.6) is 5.75 Å². The van der Waals surface area contributed by atoms with Gasteiger partial charge in [-0.05, 0) is 29.7 Å². The Kier molecular flexibility index (Phi) is 8.50. The first kappa shape index (κ1) is 23.3. The molecule has 2 aromatic carbocycles. The van der Waals surface area contributed by atoms with Gasteiger partial charge in [-0.15, -0.1) is 0 Å². The van der Waals surface area contributed by atoms with E-state index >= 15 is 0 Å². The van der Waals surface area contributed by atoms with Gasteiger partial charge in [-0.1, -0.05) is 63.2 Å². The summed E-state index contributed by atoms with van der Waals surface area (Å²) in [6.45, 7) is 12.4. The van der Waals surface area contributed by atoms with Crippen molar-refractivity contribution in [2.75, 3.05) is 39.4 Å².